The normalized spacial score (nSPS) is 13.5. The Labute approximate surface area is 158 Å². The van der Waals surface area contributed by atoms with Gasteiger partial charge < -0.3 is 14.7 Å². The molecule has 7 heteroatoms. The summed E-state index contributed by atoms with van der Waals surface area (Å²) in [4.78, 5) is 14.8. The van der Waals surface area contributed by atoms with Gasteiger partial charge in [0, 0.05) is 48.8 Å². The van der Waals surface area contributed by atoms with E-state index in [0.717, 1.165) is 42.9 Å². The molecule has 0 saturated carbocycles. The Morgan fingerprint density at radius 2 is 2.19 bits per heavy atom. The Kier molecular flexibility index (Phi) is 4.43. The number of anilines is 2. The van der Waals surface area contributed by atoms with Crippen LogP contribution in [-0.4, -0.2) is 34.4 Å². The van der Waals surface area contributed by atoms with E-state index < -0.39 is 0 Å². The Hall–Kier alpha value is -3.09. The van der Waals surface area contributed by atoms with E-state index in [2.05, 4.69) is 33.6 Å². The minimum atomic E-state index is -0.312. The first kappa shape index (κ1) is 17.3. The summed E-state index contributed by atoms with van der Waals surface area (Å²) in [6, 6.07) is 7.68. The van der Waals surface area contributed by atoms with Crippen molar-refractivity contribution in [2.75, 3.05) is 23.8 Å². The molecule has 3 aromatic rings. The molecule has 140 valence electrons. The molecule has 0 bridgehead atoms. The molecule has 27 heavy (non-hydrogen) atoms. The van der Waals surface area contributed by atoms with Gasteiger partial charge in [-0.3, -0.25) is 9.48 Å². The highest BCUT2D eigenvalue weighted by molar-refractivity contribution is 6.03. The average Bonchev–Trinajstić information content (AvgIpc) is 3.29. The zero-order valence-electron chi connectivity index (χ0n) is 15.8. The molecule has 0 saturated heterocycles. The van der Waals surface area contributed by atoms with Crippen molar-refractivity contribution in [3.05, 3.63) is 47.5 Å². The van der Waals surface area contributed by atoms with Gasteiger partial charge in [-0.25, -0.2) is 0 Å². The molecule has 1 N–H and O–H groups in total. The second kappa shape index (κ2) is 6.90. The lowest BCUT2D eigenvalue weighted by Gasteiger charge is -2.27. The van der Waals surface area contributed by atoms with E-state index in [0.29, 0.717) is 5.69 Å². The van der Waals surface area contributed by atoms with Crippen LogP contribution in [0.4, 0.5) is 11.4 Å². The molecule has 0 fully saturated rings. The van der Waals surface area contributed by atoms with Crippen molar-refractivity contribution >= 4 is 17.3 Å². The van der Waals surface area contributed by atoms with E-state index in [1.54, 1.807) is 12.3 Å². The van der Waals surface area contributed by atoms with Gasteiger partial charge in [-0.05, 0) is 44.4 Å². The van der Waals surface area contributed by atoms with E-state index in [1.165, 1.54) is 11.3 Å². The first-order valence-corrected chi connectivity index (χ1v) is 9.21. The fourth-order valence-electron chi connectivity index (χ4n) is 3.55. The number of nitrogens with one attached hydrogen (secondary N) is 1. The average molecular weight is 365 g/mol. The third kappa shape index (κ3) is 3.20. The fourth-order valence-corrected chi connectivity index (χ4v) is 3.55. The van der Waals surface area contributed by atoms with Crippen molar-refractivity contribution in [3.63, 3.8) is 0 Å². The summed E-state index contributed by atoms with van der Waals surface area (Å²) < 4.78 is 7.16. The number of carbonyl (C=O) groups excluding carboxylic acids is 1. The second-order valence-corrected chi connectivity index (χ2v) is 6.86. The Bertz CT molecular complexity index is 988. The van der Waals surface area contributed by atoms with Crippen LogP contribution in [0.5, 0.6) is 0 Å². The molecule has 1 aliphatic rings. The van der Waals surface area contributed by atoms with E-state index in [-0.39, 0.29) is 11.7 Å². The quantitative estimate of drug-likeness (QED) is 0.766. The van der Waals surface area contributed by atoms with Crippen LogP contribution >= 0.6 is 0 Å². The maximum absolute atomic E-state index is 12.6. The second-order valence-electron chi connectivity index (χ2n) is 6.86. The van der Waals surface area contributed by atoms with Crippen LogP contribution in [0.3, 0.4) is 0 Å². The molecule has 3 heterocycles. The number of hydrogen-bond acceptors (Lipinski definition) is 5. The van der Waals surface area contributed by atoms with E-state index >= 15 is 0 Å². The van der Waals surface area contributed by atoms with Gasteiger partial charge in [-0.1, -0.05) is 11.2 Å². The molecule has 7 nitrogen and oxygen atoms in total. The highest BCUT2D eigenvalue weighted by Crippen LogP contribution is 2.29. The third-order valence-electron chi connectivity index (χ3n) is 5.11. The molecular weight excluding hydrogens is 342 g/mol. The van der Waals surface area contributed by atoms with Gasteiger partial charge in [-0.15, -0.1) is 0 Å². The van der Waals surface area contributed by atoms with Gasteiger partial charge in [0.15, 0.2) is 0 Å². The van der Waals surface area contributed by atoms with Gasteiger partial charge in [0.25, 0.3) is 5.91 Å². The van der Waals surface area contributed by atoms with Crippen molar-refractivity contribution in [1.29, 1.82) is 0 Å². The number of carbonyl (C=O) groups is 1. The summed E-state index contributed by atoms with van der Waals surface area (Å²) in [5.41, 5.74) is 5.71. The van der Waals surface area contributed by atoms with Gasteiger partial charge in [0.2, 0.25) is 5.76 Å². The Balaban J connectivity index is 1.53. The lowest BCUT2D eigenvalue weighted by Crippen LogP contribution is -2.24. The van der Waals surface area contributed by atoms with Gasteiger partial charge in [-0.2, -0.15) is 5.10 Å². The first-order valence-electron chi connectivity index (χ1n) is 9.21. The lowest BCUT2D eigenvalue weighted by atomic mass is 10.0. The third-order valence-corrected chi connectivity index (χ3v) is 5.11. The van der Waals surface area contributed by atoms with Crippen molar-refractivity contribution in [3.8, 4) is 11.3 Å². The van der Waals surface area contributed by atoms with Crippen molar-refractivity contribution in [2.45, 2.75) is 33.2 Å². The highest BCUT2D eigenvalue weighted by Gasteiger charge is 2.19. The number of aryl methyl sites for hydroxylation is 2. The standard InChI is InChI=1S/C20H23N5O2/c1-4-25-13(2)16(12-21-25)17-11-19(27-23-17)20(26)22-15-8-7-14-6-5-9-24(3)18(14)10-15/h7-8,10-12H,4-6,9H2,1-3H3,(H,22,26). The fraction of sp³-hybridized carbons (Fsp3) is 0.350. The maximum Gasteiger partial charge on any atom is 0.294 e. The molecular formula is C20H23N5O2. The zero-order chi connectivity index (χ0) is 19.0. The summed E-state index contributed by atoms with van der Waals surface area (Å²) in [5, 5.41) is 11.3. The lowest BCUT2D eigenvalue weighted by molar-refractivity contribution is 0.0988. The van der Waals surface area contributed by atoms with Gasteiger partial charge in [0.1, 0.15) is 5.69 Å². The monoisotopic (exact) mass is 365 g/mol. The van der Waals surface area contributed by atoms with Crippen molar-refractivity contribution in [2.24, 2.45) is 0 Å². The molecule has 0 aliphatic carbocycles. The first-order chi connectivity index (χ1) is 13.1. The maximum atomic E-state index is 12.6. The minimum Gasteiger partial charge on any atom is -0.374 e. The summed E-state index contributed by atoms with van der Waals surface area (Å²) in [7, 11) is 2.07. The van der Waals surface area contributed by atoms with Crippen LogP contribution in [0, 0.1) is 6.92 Å². The van der Waals surface area contributed by atoms with Crippen molar-refractivity contribution < 1.29 is 9.32 Å². The molecule has 1 amide bonds. The zero-order valence-corrected chi connectivity index (χ0v) is 15.8. The largest absolute Gasteiger partial charge is 0.374 e. The number of aromatic nitrogens is 3. The molecule has 0 atom stereocenters. The highest BCUT2D eigenvalue weighted by atomic mass is 16.5. The molecule has 0 radical (unpaired) electrons. The summed E-state index contributed by atoms with van der Waals surface area (Å²) in [6.45, 7) is 5.82. The summed E-state index contributed by atoms with van der Waals surface area (Å²) in [5.74, 6) is -0.132. The number of benzene rings is 1. The van der Waals surface area contributed by atoms with Crippen LogP contribution in [0.1, 0.15) is 35.2 Å². The summed E-state index contributed by atoms with van der Waals surface area (Å²) >= 11 is 0. The van der Waals surface area contributed by atoms with Crippen LogP contribution in [0.2, 0.25) is 0 Å². The SMILES string of the molecule is CCn1ncc(-c2cc(C(=O)Nc3ccc4c(c3)N(C)CCC4)on2)c1C. The smallest absolute Gasteiger partial charge is 0.294 e. The minimum absolute atomic E-state index is 0.180. The number of rotatable bonds is 4. The predicted octanol–water partition coefficient (Wildman–Crippen LogP) is 3.50. The van der Waals surface area contributed by atoms with Crippen LogP contribution in [0.25, 0.3) is 11.3 Å². The van der Waals surface area contributed by atoms with E-state index in [9.17, 15) is 4.79 Å². The number of fused-ring (bicyclic) bond motifs is 1. The van der Waals surface area contributed by atoms with Crippen LogP contribution < -0.4 is 10.2 Å². The van der Waals surface area contributed by atoms with E-state index in [4.69, 9.17) is 4.52 Å². The van der Waals surface area contributed by atoms with Gasteiger partial charge in [0.05, 0.1) is 6.20 Å². The molecule has 1 aliphatic heterocycles. The van der Waals surface area contributed by atoms with E-state index in [1.807, 2.05) is 30.7 Å². The Morgan fingerprint density at radius 3 is 2.96 bits per heavy atom. The topological polar surface area (TPSA) is 76.2 Å². The van der Waals surface area contributed by atoms with Crippen molar-refractivity contribution in [1.82, 2.24) is 14.9 Å². The predicted molar refractivity (Wildman–Crippen MR) is 104 cm³/mol. The number of hydrogen-bond donors (Lipinski definition) is 1. The number of amides is 1. The molecule has 0 spiro atoms. The molecule has 4 rings (SSSR count). The number of nitrogens with zero attached hydrogens (tertiary/aromatic N) is 4. The summed E-state index contributed by atoms with van der Waals surface area (Å²) in [6.07, 6.45) is 3.98. The molecule has 0 unspecified atom stereocenters. The van der Waals surface area contributed by atoms with Gasteiger partial charge >= 0.3 is 0 Å². The van der Waals surface area contributed by atoms with Crippen LogP contribution in [0.15, 0.2) is 35.0 Å². The Morgan fingerprint density at radius 1 is 1.33 bits per heavy atom. The van der Waals surface area contributed by atoms with Crippen LogP contribution in [-0.2, 0) is 13.0 Å². The molecule has 1 aromatic carbocycles. The molecule has 2 aromatic heterocycles.